The van der Waals surface area contributed by atoms with Crippen LogP contribution in [0, 0.1) is 13.8 Å². The van der Waals surface area contributed by atoms with E-state index in [2.05, 4.69) is 5.32 Å². The van der Waals surface area contributed by atoms with Gasteiger partial charge in [0.05, 0.1) is 7.11 Å². The van der Waals surface area contributed by atoms with Crippen molar-refractivity contribution in [3.63, 3.8) is 0 Å². The van der Waals surface area contributed by atoms with Crippen molar-refractivity contribution in [2.75, 3.05) is 20.2 Å². The molecule has 0 amide bonds. The second kappa shape index (κ2) is 6.02. The number of nitrogens with one attached hydrogen (secondary N) is 1. The number of ether oxygens (including phenoxy) is 1. The number of furan rings is 1. The van der Waals surface area contributed by atoms with Crippen LogP contribution in [-0.4, -0.2) is 51.0 Å². The third-order valence-electron chi connectivity index (χ3n) is 3.72. The van der Waals surface area contributed by atoms with Gasteiger partial charge in [0.1, 0.15) is 22.0 Å². The summed E-state index contributed by atoms with van der Waals surface area (Å²) in [5.41, 5.74) is -0.0150. The summed E-state index contributed by atoms with van der Waals surface area (Å²) in [5.74, 6) is -0.250. The number of nitrogens with zero attached hydrogens (tertiary/aromatic N) is 1. The number of sulfonamides is 1. The van der Waals surface area contributed by atoms with Crippen LogP contribution in [0.3, 0.4) is 0 Å². The molecule has 124 valence electrons. The second-order valence-electron chi connectivity index (χ2n) is 5.70. The van der Waals surface area contributed by atoms with Gasteiger partial charge in [0.2, 0.25) is 10.0 Å². The lowest BCUT2D eigenvalue weighted by atomic mass is 10.2. The van der Waals surface area contributed by atoms with Gasteiger partial charge in [-0.3, -0.25) is 0 Å². The Hall–Kier alpha value is -1.38. The summed E-state index contributed by atoms with van der Waals surface area (Å²) in [4.78, 5) is 11.9. The molecule has 0 aliphatic carbocycles. The molecule has 2 unspecified atom stereocenters. The molecule has 0 saturated carbocycles. The van der Waals surface area contributed by atoms with Crippen molar-refractivity contribution < 1.29 is 22.4 Å². The highest BCUT2D eigenvalue weighted by molar-refractivity contribution is 7.89. The zero-order valence-electron chi connectivity index (χ0n) is 13.5. The van der Waals surface area contributed by atoms with E-state index >= 15 is 0 Å². The number of aryl methyl sites for hydroxylation is 2. The number of methoxy groups -OCH3 is 1. The van der Waals surface area contributed by atoms with Gasteiger partial charge in [0, 0.05) is 25.2 Å². The molecular formula is C14H22N2O5S. The quantitative estimate of drug-likeness (QED) is 0.834. The topological polar surface area (TPSA) is 88.8 Å². The van der Waals surface area contributed by atoms with E-state index in [-0.39, 0.29) is 34.1 Å². The Morgan fingerprint density at radius 3 is 2.27 bits per heavy atom. The Bertz CT molecular complexity index is 670. The summed E-state index contributed by atoms with van der Waals surface area (Å²) >= 11 is 0. The zero-order chi connectivity index (χ0) is 16.7. The molecular weight excluding hydrogens is 308 g/mol. The molecule has 2 atom stereocenters. The monoisotopic (exact) mass is 330 g/mol. The molecule has 1 aliphatic rings. The van der Waals surface area contributed by atoms with E-state index in [0.717, 1.165) is 0 Å². The molecule has 1 aromatic rings. The van der Waals surface area contributed by atoms with Crippen molar-refractivity contribution in [1.82, 2.24) is 9.62 Å². The molecule has 1 saturated heterocycles. The number of piperazine rings is 1. The molecule has 2 rings (SSSR count). The van der Waals surface area contributed by atoms with E-state index < -0.39 is 16.0 Å². The fraction of sp³-hybridized carbons (Fsp3) is 0.643. The van der Waals surface area contributed by atoms with E-state index in [9.17, 15) is 13.2 Å². The number of esters is 1. The summed E-state index contributed by atoms with van der Waals surface area (Å²) in [6.07, 6.45) is 0. The van der Waals surface area contributed by atoms with Gasteiger partial charge in [0.15, 0.2) is 0 Å². The molecule has 0 aromatic carbocycles. The Labute approximate surface area is 130 Å². The van der Waals surface area contributed by atoms with Gasteiger partial charge in [-0.05, 0) is 27.7 Å². The fourth-order valence-electron chi connectivity index (χ4n) is 2.91. The first kappa shape index (κ1) is 17.0. The van der Waals surface area contributed by atoms with Crippen LogP contribution in [0.5, 0.6) is 0 Å². The lowest BCUT2D eigenvalue weighted by Crippen LogP contribution is -2.55. The van der Waals surface area contributed by atoms with Crippen LogP contribution in [-0.2, 0) is 14.8 Å². The molecule has 1 fully saturated rings. The molecule has 7 nitrogen and oxygen atoms in total. The average Bonchev–Trinajstić information content (AvgIpc) is 2.72. The summed E-state index contributed by atoms with van der Waals surface area (Å²) < 4.78 is 37.4. The lowest BCUT2D eigenvalue weighted by molar-refractivity contribution is 0.0594. The predicted octanol–water partition coefficient (Wildman–Crippen LogP) is 1.05. The van der Waals surface area contributed by atoms with Crippen molar-refractivity contribution in [1.29, 1.82) is 0 Å². The number of carbonyl (C=O) groups is 1. The molecule has 2 heterocycles. The van der Waals surface area contributed by atoms with Gasteiger partial charge in [-0.1, -0.05) is 0 Å². The maximum Gasteiger partial charge on any atom is 0.342 e. The predicted molar refractivity (Wildman–Crippen MR) is 80.3 cm³/mol. The van der Waals surface area contributed by atoms with Crippen LogP contribution in [0.4, 0.5) is 0 Å². The first-order valence-electron chi connectivity index (χ1n) is 7.13. The molecule has 1 N–H and O–H groups in total. The third kappa shape index (κ3) is 2.90. The summed E-state index contributed by atoms with van der Waals surface area (Å²) in [6.45, 7) is 7.64. The molecule has 8 heteroatoms. The van der Waals surface area contributed by atoms with Crippen LogP contribution in [0.15, 0.2) is 9.31 Å². The highest BCUT2D eigenvalue weighted by Gasteiger charge is 2.38. The maximum absolute atomic E-state index is 13.0. The van der Waals surface area contributed by atoms with Gasteiger partial charge >= 0.3 is 5.97 Å². The van der Waals surface area contributed by atoms with Crippen LogP contribution in [0.1, 0.15) is 35.7 Å². The Kier molecular flexibility index (Phi) is 4.65. The van der Waals surface area contributed by atoms with Crippen LogP contribution in [0.25, 0.3) is 0 Å². The lowest BCUT2D eigenvalue weighted by Gasteiger charge is -2.35. The Morgan fingerprint density at radius 2 is 1.77 bits per heavy atom. The van der Waals surface area contributed by atoms with E-state index in [1.807, 2.05) is 13.8 Å². The fourth-order valence-corrected chi connectivity index (χ4v) is 4.90. The Morgan fingerprint density at radius 1 is 1.23 bits per heavy atom. The number of hydrogen-bond donors (Lipinski definition) is 1. The number of hydrogen-bond acceptors (Lipinski definition) is 6. The first-order chi connectivity index (χ1) is 10.2. The minimum atomic E-state index is -3.82. The van der Waals surface area contributed by atoms with Crippen LogP contribution in [0.2, 0.25) is 0 Å². The van der Waals surface area contributed by atoms with Crippen molar-refractivity contribution in [3.05, 3.63) is 17.1 Å². The van der Waals surface area contributed by atoms with Gasteiger partial charge < -0.3 is 14.5 Å². The minimum absolute atomic E-state index is 0.0150. The van der Waals surface area contributed by atoms with Crippen molar-refractivity contribution >= 4 is 16.0 Å². The van der Waals surface area contributed by atoms with Crippen LogP contribution >= 0.6 is 0 Å². The summed E-state index contributed by atoms with van der Waals surface area (Å²) in [5, 5.41) is 3.28. The van der Waals surface area contributed by atoms with Gasteiger partial charge in [-0.25, -0.2) is 13.2 Å². The van der Waals surface area contributed by atoms with Crippen molar-refractivity contribution in [3.8, 4) is 0 Å². The molecule has 0 spiro atoms. The molecule has 0 radical (unpaired) electrons. The Balaban J connectivity index is 2.52. The van der Waals surface area contributed by atoms with E-state index in [1.54, 1.807) is 13.8 Å². The highest BCUT2D eigenvalue weighted by atomic mass is 32.2. The molecule has 0 bridgehead atoms. The normalized spacial score (nSPS) is 23.5. The number of rotatable bonds is 3. The number of carbonyl (C=O) groups excluding carboxylic acids is 1. The molecule has 1 aliphatic heterocycles. The molecule has 1 aromatic heterocycles. The highest BCUT2D eigenvalue weighted by Crippen LogP contribution is 2.30. The van der Waals surface area contributed by atoms with Gasteiger partial charge in [-0.15, -0.1) is 0 Å². The summed E-state index contributed by atoms with van der Waals surface area (Å²) in [6, 6.07) is 0.0711. The smallest absolute Gasteiger partial charge is 0.342 e. The van der Waals surface area contributed by atoms with Crippen molar-refractivity contribution in [2.24, 2.45) is 0 Å². The largest absolute Gasteiger partial charge is 0.465 e. The zero-order valence-corrected chi connectivity index (χ0v) is 14.3. The standard InChI is InChI=1S/C14H22N2O5S/c1-8-6-16(7-9(2)15-8)22(18,19)13-11(4)21-10(3)12(13)14(17)20-5/h8-9,15H,6-7H2,1-5H3. The second-order valence-corrected chi connectivity index (χ2v) is 7.58. The molecule has 22 heavy (non-hydrogen) atoms. The van der Waals surface area contributed by atoms with Crippen molar-refractivity contribution in [2.45, 2.75) is 44.7 Å². The van der Waals surface area contributed by atoms with Gasteiger partial charge in [0.25, 0.3) is 0 Å². The first-order valence-corrected chi connectivity index (χ1v) is 8.57. The van der Waals surface area contributed by atoms with E-state index in [1.165, 1.54) is 11.4 Å². The van der Waals surface area contributed by atoms with E-state index in [4.69, 9.17) is 9.15 Å². The average molecular weight is 330 g/mol. The van der Waals surface area contributed by atoms with Crippen LogP contribution < -0.4 is 5.32 Å². The van der Waals surface area contributed by atoms with E-state index in [0.29, 0.717) is 13.1 Å². The third-order valence-corrected chi connectivity index (χ3v) is 5.70. The maximum atomic E-state index is 13.0. The summed E-state index contributed by atoms with van der Waals surface area (Å²) in [7, 11) is -2.61. The SMILES string of the molecule is COC(=O)c1c(C)oc(C)c1S(=O)(=O)N1CC(C)NC(C)C1. The minimum Gasteiger partial charge on any atom is -0.465 e. The van der Waals surface area contributed by atoms with Gasteiger partial charge in [-0.2, -0.15) is 4.31 Å².